The highest BCUT2D eigenvalue weighted by Crippen LogP contribution is 2.35. The number of benzene rings is 3. The first-order valence-electron chi connectivity index (χ1n) is 13.6. The Morgan fingerprint density at radius 1 is 1.05 bits per heavy atom. The zero-order valence-electron chi connectivity index (χ0n) is 23.4. The van der Waals surface area contributed by atoms with E-state index < -0.39 is 12.0 Å². The summed E-state index contributed by atoms with van der Waals surface area (Å²) in [5.74, 6) is 0.428. The van der Waals surface area contributed by atoms with Crippen LogP contribution in [0.1, 0.15) is 61.9 Å². The van der Waals surface area contributed by atoms with Gasteiger partial charge in [0.2, 0.25) is 0 Å². The fraction of sp³-hybridized carbons (Fsp3) is 0.242. The third-order valence-corrected chi connectivity index (χ3v) is 8.12. The molecule has 41 heavy (non-hydrogen) atoms. The maximum atomic E-state index is 14.1. The topological polar surface area (TPSA) is 69.9 Å². The molecule has 3 aromatic carbocycles. The molecule has 0 saturated heterocycles. The summed E-state index contributed by atoms with van der Waals surface area (Å²) in [5.41, 5.74) is 4.09. The Morgan fingerprint density at radius 3 is 2.41 bits per heavy atom. The summed E-state index contributed by atoms with van der Waals surface area (Å²) in [7, 11) is 0. The van der Waals surface area contributed by atoms with Crippen molar-refractivity contribution in [2.24, 2.45) is 4.99 Å². The van der Waals surface area contributed by atoms with Gasteiger partial charge in [0.25, 0.3) is 5.56 Å². The standard InChI is InChI=1S/C33H31ClN2O4S/c1-5-39-26-17-12-21(18-25(26)34)19-27-31(37)36-30(24-15-13-22(14-16-24)20(3)4)28(32(38)40-6-2)29(35-33(36)41-27)23-10-8-7-9-11-23/h7-20,30H,5-6H2,1-4H3/b27-19-/t30-/m1/s1. The van der Waals surface area contributed by atoms with Gasteiger partial charge >= 0.3 is 5.97 Å². The van der Waals surface area contributed by atoms with E-state index in [1.807, 2.05) is 67.6 Å². The molecule has 8 heteroatoms. The van der Waals surface area contributed by atoms with Crippen LogP contribution in [0.3, 0.4) is 0 Å². The first-order chi connectivity index (χ1) is 19.8. The van der Waals surface area contributed by atoms with Crippen LogP contribution in [0.25, 0.3) is 11.8 Å². The van der Waals surface area contributed by atoms with E-state index in [0.29, 0.717) is 43.9 Å². The minimum Gasteiger partial charge on any atom is -0.492 e. The summed E-state index contributed by atoms with van der Waals surface area (Å²) in [6, 6.07) is 22.3. The molecular weight excluding hydrogens is 556 g/mol. The van der Waals surface area contributed by atoms with Gasteiger partial charge in [0.15, 0.2) is 4.80 Å². The largest absolute Gasteiger partial charge is 0.492 e. The Morgan fingerprint density at radius 2 is 1.78 bits per heavy atom. The summed E-state index contributed by atoms with van der Waals surface area (Å²) in [5, 5.41) is 0.465. The van der Waals surface area contributed by atoms with Crippen molar-refractivity contribution >= 4 is 40.7 Å². The molecule has 6 nitrogen and oxygen atoms in total. The Labute approximate surface area is 247 Å². The average molecular weight is 587 g/mol. The quantitative estimate of drug-likeness (QED) is 0.234. The number of nitrogens with zero attached hydrogens (tertiary/aromatic N) is 2. The van der Waals surface area contributed by atoms with E-state index in [2.05, 4.69) is 13.8 Å². The lowest BCUT2D eigenvalue weighted by molar-refractivity contribution is -0.138. The highest BCUT2D eigenvalue weighted by atomic mass is 35.5. The molecule has 0 spiro atoms. The molecular formula is C33H31ClN2O4S. The van der Waals surface area contributed by atoms with Gasteiger partial charge in [-0.3, -0.25) is 9.36 Å². The molecule has 0 saturated carbocycles. The summed E-state index contributed by atoms with van der Waals surface area (Å²) >= 11 is 7.70. The fourth-order valence-electron chi connectivity index (χ4n) is 4.85. The number of hydrogen-bond donors (Lipinski definition) is 0. The van der Waals surface area contributed by atoms with E-state index in [1.165, 1.54) is 16.9 Å². The van der Waals surface area contributed by atoms with Crippen LogP contribution >= 0.6 is 22.9 Å². The van der Waals surface area contributed by atoms with Crippen molar-refractivity contribution in [2.45, 2.75) is 39.7 Å². The highest BCUT2D eigenvalue weighted by Gasteiger charge is 2.35. The minimum absolute atomic E-state index is 0.201. The monoisotopic (exact) mass is 586 g/mol. The smallest absolute Gasteiger partial charge is 0.338 e. The number of ether oxygens (including phenoxy) is 2. The van der Waals surface area contributed by atoms with Crippen LogP contribution in [0, 0.1) is 0 Å². The minimum atomic E-state index is -0.715. The number of fused-ring (bicyclic) bond motifs is 1. The van der Waals surface area contributed by atoms with Crippen molar-refractivity contribution in [3.8, 4) is 5.75 Å². The van der Waals surface area contributed by atoms with E-state index in [0.717, 1.165) is 16.7 Å². The second kappa shape index (κ2) is 12.3. The van der Waals surface area contributed by atoms with Crippen molar-refractivity contribution in [1.82, 2.24) is 4.57 Å². The van der Waals surface area contributed by atoms with Gasteiger partial charge in [0.1, 0.15) is 5.75 Å². The molecule has 1 aliphatic heterocycles. The van der Waals surface area contributed by atoms with Gasteiger partial charge in [-0.2, -0.15) is 0 Å². The number of rotatable bonds is 8. The number of carbonyl (C=O) groups is 1. The van der Waals surface area contributed by atoms with E-state index in [-0.39, 0.29) is 12.2 Å². The normalized spacial score (nSPS) is 15.1. The van der Waals surface area contributed by atoms with E-state index in [1.54, 1.807) is 29.7 Å². The molecule has 0 bridgehead atoms. The molecule has 0 amide bonds. The van der Waals surface area contributed by atoms with Crippen LogP contribution in [0.5, 0.6) is 5.75 Å². The summed E-state index contributed by atoms with van der Waals surface area (Å²) in [4.78, 5) is 33.0. The maximum absolute atomic E-state index is 14.1. The maximum Gasteiger partial charge on any atom is 0.338 e. The number of thiazole rings is 1. The predicted octanol–water partition coefficient (Wildman–Crippen LogP) is 6.11. The van der Waals surface area contributed by atoms with Crippen LogP contribution in [-0.4, -0.2) is 23.8 Å². The van der Waals surface area contributed by atoms with Gasteiger partial charge in [0, 0.05) is 5.56 Å². The molecule has 1 aliphatic rings. The molecule has 4 aromatic rings. The number of carbonyl (C=O) groups excluding carboxylic acids is 1. The molecule has 0 N–H and O–H groups in total. The Bertz CT molecular complexity index is 1790. The fourth-order valence-corrected chi connectivity index (χ4v) is 6.09. The van der Waals surface area contributed by atoms with Crippen molar-refractivity contribution < 1.29 is 14.3 Å². The van der Waals surface area contributed by atoms with Crippen LogP contribution in [0.4, 0.5) is 0 Å². The lowest BCUT2D eigenvalue weighted by Crippen LogP contribution is -2.40. The molecule has 2 heterocycles. The van der Waals surface area contributed by atoms with Gasteiger partial charge in [-0.1, -0.05) is 97.4 Å². The van der Waals surface area contributed by atoms with Crippen LogP contribution in [-0.2, 0) is 9.53 Å². The van der Waals surface area contributed by atoms with E-state index >= 15 is 0 Å². The molecule has 1 aromatic heterocycles. The molecule has 0 unspecified atom stereocenters. The third-order valence-electron chi connectivity index (χ3n) is 6.85. The molecule has 5 rings (SSSR count). The van der Waals surface area contributed by atoms with Gasteiger partial charge in [0.05, 0.1) is 40.1 Å². The first kappa shape index (κ1) is 28.6. The lowest BCUT2D eigenvalue weighted by atomic mass is 9.91. The molecule has 1 atom stereocenters. The Hall–Kier alpha value is -3.94. The van der Waals surface area contributed by atoms with Crippen LogP contribution < -0.4 is 19.6 Å². The first-order valence-corrected chi connectivity index (χ1v) is 14.8. The zero-order chi connectivity index (χ0) is 29.1. The molecule has 210 valence electrons. The Kier molecular flexibility index (Phi) is 8.57. The predicted molar refractivity (Wildman–Crippen MR) is 164 cm³/mol. The third kappa shape index (κ3) is 5.78. The van der Waals surface area contributed by atoms with Crippen molar-refractivity contribution in [3.63, 3.8) is 0 Å². The van der Waals surface area contributed by atoms with Crippen LogP contribution in [0.2, 0.25) is 5.02 Å². The van der Waals surface area contributed by atoms with Crippen molar-refractivity contribution in [2.75, 3.05) is 13.2 Å². The lowest BCUT2D eigenvalue weighted by Gasteiger charge is -2.26. The zero-order valence-corrected chi connectivity index (χ0v) is 25.0. The SMILES string of the molecule is CCOC(=O)C1=C(c2ccccc2)N=c2s/c(=C\c3ccc(OCC)c(Cl)c3)c(=O)n2[C@@H]1c1ccc(C(C)C)cc1. The summed E-state index contributed by atoms with van der Waals surface area (Å²) in [6.07, 6.45) is 1.79. The second-order valence-electron chi connectivity index (χ2n) is 9.88. The number of esters is 1. The second-order valence-corrected chi connectivity index (χ2v) is 11.3. The summed E-state index contributed by atoms with van der Waals surface area (Å²) < 4.78 is 13.2. The number of aromatic nitrogens is 1. The average Bonchev–Trinajstić information content (AvgIpc) is 3.28. The summed E-state index contributed by atoms with van der Waals surface area (Å²) in [6.45, 7) is 8.62. The van der Waals surface area contributed by atoms with Gasteiger partial charge < -0.3 is 9.47 Å². The van der Waals surface area contributed by atoms with E-state index in [9.17, 15) is 9.59 Å². The van der Waals surface area contributed by atoms with Gasteiger partial charge in [-0.05, 0) is 54.7 Å². The van der Waals surface area contributed by atoms with Crippen molar-refractivity contribution in [3.05, 3.63) is 125 Å². The molecule has 0 fully saturated rings. The molecule has 0 aliphatic carbocycles. The van der Waals surface area contributed by atoms with Gasteiger partial charge in [-0.15, -0.1) is 0 Å². The number of halogens is 1. The number of hydrogen-bond acceptors (Lipinski definition) is 6. The van der Waals surface area contributed by atoms with Gasteiger partial charge in [-0.25, -0.2) is 9.79 Å². The van der Waals surface area contributed by atoms with E-state index in [4.69, 9.17) is 26.1 Å². The van der Waals surface area contributed by atoms with Crippen LogP contribution in [0.15, 0.2) is 88.2 Å². The highest BCUT2D eigenvalue weighted by molar-refractivity contribution is 7.07. The van der Waals surface area contributed by atoms with Crippen molar-refractivity contribution in [1.29, 1.82) is 0 Å². The molecule has 0 radical (unpaired) electrons. The Balaban J connectivity index is 1.77.